The number of aliphatic hydroxyl groups is 1. The molecule has 0 radical (unpaired) electrons. The summed E-state index contributed by atoms with van der Waals surface area (Å²) in [6.45, 7) is 2.86. The molecule has 0 aliphatic carbocycles. The van der Waals surface area contributed by atoms with Crippen LogP contribution in [0.2, 0.25) is 0 Å². The van der Waals surface area contributed by atoms with Crippen LogP contribution >= 0.6 is 0 Å². The monoisotopic (exact) mass is 685 g/mol. The first-order chi connectivity index (χ1) is 25.0. The molecule has 3 atom stereocenters. The number of fused-ring (bicyclic) bond motifs is 1. The fourth-order valence-corrected chi connectivity index (χ4v) is 6.93. The van der Waals surface area contributed by atoms with Crippen molar-refractivity contribution in [3.63, 3.8) is 0 Å². The van der Waals surface area contributed by atoms with Crippen LogP contribution in [0.1, 0.15) is 62.6 Å². The number of rotatable bonds is 11. The second-order valence-electron chi connectivity index (χ2n) is 13.1. The number of carbonyl (C=O) groups excluding carboxylic acids is 1. The highest BCUT2D eigenvalue weighted by Crippen LogP contribution is 2.40. The number of nitrogens with zero attached hydrogens (tertiary/aromatic N) is 2. The van der Waals surface area contributed by atoms with Gasteiger partial charge in [0.25, 0.3) is 5.91 Å². The third-order valence-electron chi connectivity index (χ3n) is 9.67. The Morgan fingerprint density at radius 2 is 1.63 bits per heavy atom. The molecular weight excluding hydrogens is 642 g/mol. The van der Waals surface area contributed by atoms with Crippen molar-refractivity contribution in [2.24, 2.45) is 0 Å². The number of hydrogen-bond donors (Lipinski definition) is 2. The fraction of sp³-hybridized carbons (Fsp3) is 0.286. The average Bonchev–Trinajstić information content (AvgIpc) is 3.19. The summed E-state index contributed by atoms with van der Waals surface area (Å²) in [5.74, 6) is 1.34. The van der Waals surface area contributed by atoms with Crippen molar-refractivity contribution in [3.8, 4) is 22.6 Å². The zero-order valence-electron chi connectivity index (χ0n) is 29.0. The van der Waals surface area contributed by atoms with Gasteiger partial charge in [-0.3, -0.25) is 14.7 Å². The standard InChI is InChI=1S/C42H43N3O6/c1-48-39-20-33-15-17-45(25-36(33)21-40(39)49-2)26-37-22-38(30-13-11-28(27-46)12-14-30)51-42(50-37)34-9-4-8-32(19-34)31-7-3-6-29(18-31)23-44-41(47)35-10-5-16-43-24-35/h3-14,16,18-21,24,37-38,42,46H,15,17,22-23,25-27H2,1-2H3,(H,44,47). The van der Waals surface area contributed by atoms with Crippen LogP contribution in [0.5, 0.6) is 11.5 Å². The Labute approximate surface area is 298 Å². The molecule has 51 heavy (non-hydrogen) atoms. The van der Waals surface area contributed by atoms with Gasteiger partial charge in [0.05, 0.1) is 38.6 Å². The Hall–Kier alpha value is -5.06. The Kier molecular flexibility index (Phi) is 10.7. The van der Waals surface area contributed by atoms with Gasteiger partial charge in [0.2, 0.25) is 0 Å². The van der Waals surface area contributed by atoms with Crippen LogP contribution in [-0.2, 0) is 35.6 Å². The van der Waals surface area contributed by atoms with E-state index < -0.39 is 6.29 Å². The first kappa shape index (κ1) is 34.4. The van der Waals surface area contributed by atoms with Crippen LogP contribution in [-0.4, -0.2) is 54.3 Å². The van der Waals surface area contributed by atoms with Gasteiger partial charge in [-0.1, -0.05) is 60.7 Å². The summed E-state index contributed by atoms with van der Waals surface area (Å²) in [7, 11) is 3.34. The van der Waals surface area contributed by atoms with Gasteiger partial charge in [0, 0.05) is 50.6 Å². The molecule has 2 aliphatic heterocycles. The van der Waals surface area contributed by atoms with Crippen LogP contribution in [0, 0.1) is 0 Å². The van der Waals surface area contributed by atoms with E-state index in [0.29, 0.717) is 18.5 Å². The van der Waals surface area contributed by atoms with Crippen LogP contribution in [0.4, 0.5) is 0 Å². The molecule has 1 amide bonds. The van der Waals surface area contributed by atoms with Crippen LogP contribution in [0.3, 0.4) is 0 Å². The van der Waals surface area contributed by atoms with E-state index in [1.807, 2.05) is 42.5 Å². The van der Waals surface area contributed by atoms with Gasteiger partial charge in [-0.05, 0) is 81.8 Å². The van der Waals surface area contributed by atoms with Crippen molar-refractivity contribution >= 4 is 5.91 Å². The molecular formula is C42H43N3O6. The number of aromatic nitrogens is 1. The molecule has 262 valence electrons. The van der Waals surface area contributed by atoms with Crippen LogP contribution < -0.4 is 14.8 Å². The van der Waals surface area contributed by atoms with E-state index in [1.165, 1.54) is 11.1 Å². The highest BCUT2D eigenvalue weighted by Gasteiger charge is 2.34. The Morgan fingerprint density at radius 3 is 2.37 bits per heavy atom. The molecule has 9 heteroatoms. The number of nitrogens with one attached hydrogen (secondary N) is 1. The number of carbonyl (C=O) groups is 1. The molecule has 4 aromatic carbocycles. The zero-order valence-corrected chi connectivity index (χ0v) is 29.0. The molecule has 5 aromatic rings. The Bertz CT molecular complexity index is 1950. The third kappa shape index (κ3) is 8.13. The summed E-state index contributed by atoms with van der Waals surface area (Å²) in [6.07, 6.45) is 4.00. The quantitative estimate of drug-likeness (QED) is 0.157. The Morgan fingerprint density at radius 1 is 0.863 bits per heavy atom. The minimum Gasteiger partial charge on any atom is -0.493 e. The van der Waals surface area contributed by atoms with Crippen molar-refractivity contribution in [1.29, 1.82) is 0 Å². The van der Waals surface area contributed by atoms with E-state index in [-0.39, 0.29) is 24.7 Å². The van der Waals surface area contributed by atoms with E-state index >= 15 is 0 Å². The smallest absolute Gasteiger partial charge is 0.253 e. The summed E-state index contributed by atoms with van der Waals surface area (Å²) in [4.78, 5) is 19.1. The highest BCUT2D eigenvalue weighted by atomic mass is 16.7. The van der Waals surface area contributed by atoms with Crippen molar-refractivity contribution in [2.45, 2.75) is 51.0 Å². The maximum absolute atomic E-state index is 12.6. The van der Waals surface area contributed by atoms with E-state index in [1.54, 1.807) is 38.7 Å². The number of amides is 1. The summed E-state index contributed by atoms with van der Waals surface area (Å²) in [5.41, 5.74) is 8.97. The largest absolute Gasteiger partial charge is 0.493 e. The number of pyridine rings is 1. The Balaban J connectivity index is 1.10. The van der Waals surface area contributed by atoms with Gasteiger partial charge in [-0.25, -0.2) is 0 Å². The van der Waals surface area contributed by atoms with E-state index in [4.69, 9.17) is 18.9 Å². The number of ether oxygens (including phenoxy) is 4. The van der Waals surface area contributed by atoms with Crippen molar-refractivity contribution in [3.05, 3.63) is 148 Å². The van der Waals surface area contributed by atoms with Crippen LogP contribution in [0.15, 0.2) is 109 Å². The van der Waals surface area contributed by atoms with E-state index in [2.05, 4.69) is 57.7 Å². The van der Waals surface area contributed by atoms with Gasteiger partial charge in [0.1, 0.15) is 0 Å². The topological polar surface area (TPSA) is 102 Å². The lowest BCUT2D eigenvalue weighted by Crippen LogP contribution is -2.41. The SMILES string of the molecule is COc1cc2c(cc1OC)CN(CC1CC(c3ccc(CO)cc3)OC(c3cccc(-c4cccc(CNC(=O)c5cccnc5)c4)c3)O1)CC2. The highest BCUT2D eigenvalue weighted by molar-refractivity contribution is 5.93. The predicted octanol–water partition coefficient (Wildman–Crippen LogP) is 6.79. The molecule has 3 heterocycles. The number of aliphatic hydroxyl groups excluding tert-OH is 1. The van der Waals surface area contributed by atoms with Gasteiger partial charge < -0.3 is 29.4 Å². The molecule has 2 N–H and O–H groups in total. The molecule has 0 spiro atoms. The summed E-state index contributed by atoms with van der Waals surface area (Å²) >= 11 is 0. The lowest BCUT2D eigenvalue weighted by molar-refractivity contribution is -0.253. The van der Waals surface area contributed by atoms with Gasteiger partial charge >= 0.3 is 0 Å². The first-order valence-electron chi connectivity index (χ1n) is 17.3. The van der Waals surface area contributed by atoms with Gasteiger partial charge in [-0.15, -0.1) is 0 Å². The van der Waals surface area contributed by atoms with Crippen molar-refractivity contribution in [1.82, 2.24) is 15.2 Å². The number of methoxy groups -OCH3 is 2. The summed E-state index contributed by atoms with van der Waals surface area (Å²) in [6, 6.07) is 32.2. The van der Waals surface area contributed by atoms with Crippen molar-refractivity contribution in [2.75, 3.05) is 27.3 Å². The summed E-state index contributed by atoms with van der Waals surface area (Å²) in [5, 5.41) is 12.6. The maximum Gasteiger partial charge on any atom is 0.253 e. The van der Waals surface area contributed by atoms with Gasteiger partial charge in [0.15, 0.2) is 17.8 Å². The molecule has 9 nitrogen and oxygen atoms in total. The number of benzene rings is 4. The molecule has 1 aromatic heterocycles. The molecule has 2 aliphatic rings. The fourth-order valence-electron chi connectivity index (χ4n) is 6.93. The molecule has 1 saturated heterocycles. The minimum atomic E-state index is -0.574. The lowest BCUT2D eigenvalue weighted by atomic mass is 9.96. The zero-order chi connectivity index (χ0) is 35.2. The van der Waals surface area contributed by atoms with E-state index in [0.717, 1.165) is 70.9 Å². The first-order valence-corrected chi connectivity index (χ1v) is 17.3. The summed E-state index contributed by atoms with van der Waals surface area (Å²) < 4.78 is 24.6. The van der Waals surface area contributed by atoms with Crippen molar-refractivity contribution < 1.29 is 28.8 Å². The molecule has 7 rings (SSSR count). The van der Waals surface area contributed by atoms with Crippen LogP contribution in [0.25, 0.3) is 11.1 Å². The third-order valence-corrected chi connectivity index (χ3v) is 9.67. The minimum absolute atomic E-state index is 0.00186. The van der Waals surface area contributed by atoms with E-state index in [9.17, 15) is 9.90 Å². The molecule has 0 bridgehead atoms. The molecule has 3 unspecified atom stereocenters. The lowest BCUT2D eigenvalue weighted by Gasteiger charge is -2.39. The molecule has 1 fully saturated rings. The second-order valence-corrected chi connectivity index (χ2v) is 13.1. The predicted molar refractivity (Wildman–Crippen MR) is 194 cm³/mol. The normalized spacial score (nSPS) is 18.8. The molecule has 0 saturated carbocycles. The van der Waals surface area contributed by atoms with Gasteiger partial charge in [-0.2, -0.15) is 0 Å². The second kappa shape index (κ2) is 15.9. The maximum atomic E-state index is 12.6. The average molecular weight is 686 g/mol. The number of hydrogen-bond acceptors (Lipinski definition) is 8.